The minimum Gasteiger partial charge on any atom is -0.294 e. The van der Waals surface area contributed by atoms with Gasteiger partial charge in [-0.3, -0.25) is 9.48 Å². The average molecular weight is 217 g/mol. The van der Waals surface area contributed by atoms with Crippen LogP contribution in [0.15, 0.2) is 10.8 Å². The Kier molecular flexibility index (Phi) is 2.44. The van der Waals surface area contributed by atoms with E-state index in [0.717, 1.165) is 11.1 Å². The topological polar surface area (TPSA) is 34.9 Å². The SMILES string of the molecule is CCn1ncc(C(C)=O)c1Br. The number of hydrogen-bond donors (Lipinski definition) is 0. The van der Waals surface area contributed by atoms with Gasteiger partial charge in [-0.05, 0) is 29.8 Å². The summed E-state index contributed by atoms with van der Waals surface area (Å²) in [5.41, 5.74) is 0.645. The highest BCUT2D eigenvalue weighted by Crippen LogP contribution is 2.16. The molecule has 1 aromatic rings. The van der Waals surface area contributed by atoms with Crippen molar-refractivity contribution in [1.82, 2.24) is 9.78 Å². The van der Waals surface area contributed by atoms with Crippen LogP contribution in [0.2, 0.25) is 0 Å². The summed E-state index contributed by atoms with van der Waals surface area (Å²) < 4.78 is 2.50. The molecule has 4 heteroatoms. The van der Waals surface area contributed by atoms with E-state index in [2.05, 4.69) is 21.0 Å². The van der Waals surface area contributed by atoms with Gasteiger partial charge in [-0.2, -0.15) is 5.10 Å². The highest BCUT2D eigenvalue weighted by atomic mass is 79.9. The first-order valence-electron chi connectivity index (χ1n) is 3.39. The summed E-state index contributed by atoms with van der Waals surface area (Å²) in [5.74, 6) is 0.0385. The lowest BCUT2D eigenvalue weighted by Gasteiger charge is -1.96. The molecule has 1 rings (SSSR count). The fourth-order valence-corrected chi connectivity index (χ4v) is 1.55. The lowest BCUT2D eigenvalue weighted by molar-refractivity contribution is 0.101. The summed E-state index contributed by atoms with van der Waals surface area (Å²) in [6.45, 7) is 4.28. The Balaban J connectivity index is 3.10. The molecule has 0 N–H and O–H groups in total. The zero-order valence-electron chi connectivity index (χ0n) is 6.47. The number of carbonyl (C=O) groups excluding carboxylic acids is 1. The number of nitrogens with zero attached hydrogens (tertiary/aromatic N) is 2. The molecule has 1 heterocycles. The molecule has 0 fully saturated rings. The smallest absolute Gasteiger partial charge is 0.164 e. The number of carbonyl (C=O) groups is 1. The maximum Gasteiger partial charge on any atom is 0.164 e. The van der Waals surface area contributed by atoms with E-state index in [1.807, 2.05) is 6.92 Å². The van der Waals surface area contributed by atoms with Gasteiger partial charge in [0.05, 0.1) is 11.8 Å². The predicted molar refractivity (Wildman–Crippen MR) is 45.6 cm³/mol. The molecule has 0 amide bonds. The van der Waals surface area contributed by atoms with E-state index in [9.17, 15) is 4.79 Å². The molecule has 0 aliphatic rings. The molecule has 0 unspecified atom stereocenters. The fraction of sp³-hybridized carbons (Fsp3) is 0.429. The number of hydrogen-bond acceptors (Lipinski definition) is 2. The third kappa shape index (κ3) is 1.50. The lowest BCUT2D eigenvalue weighted by atomic mass is 10.3. The third-order valence-electron chi connectivity index (χ3n) is 1.45. The van der Waals surface area contributed by atoms with Gasteiger partial charge in [0.25, 0.3) is 0 Å². The standard InChI is InChI=1S/C7H9BrN2O/c1-3-10-7(8)6(4-9-10)5(2)11/h4H,3H2,1-2H3. The zero-order valence-corrected chi connectivity index (χ0v) is 8.05. The van der Waals surface area contributed by atoms with E-state index in [4.69, 9.17) is 0 Å². The average Bonchev–Trinajstić information content (AvgIpc) is 2.30. The van der Waals surface area contributed by atoms with Crippen LogP contribution in [0.4, 0.5) is 0 Å². The Morgan fingerprint density at radius 1 is 1.82 bits per heavy atom. The number of halogens is 1. The van der Waals surface area contributed by atoms with Gasteiger partial charge >= 0.3 is 0 Å². The summed E-state index contributed by atoms with van der Waals surface area (Å²) >= 11 is 3.29. The van der Waals surface area contributed by atoms with E-state index >= 15 is 0 Å². The van der Waals surface area contributed by atoms with Crippen LogP contribution in [-0.4, -0.2) is 15.6 Å². The molecule has 1 aromatic heterocycles. The zero-order chi connectivity index (χ0) is 8.43. The number of ketones is 1. The van der Waals surface area contributed by atoms with Crippen molar-refractivity contribution >= 4 is 21.7 Å². The Morgan fingerprint density at radius 2 is 2.45 bits per heavy atom. The molecule has 0 saturated carbocycles. The Bertz CT molecular complexity index is 280. The molecule has 11 heavy (non-hydrogen) atoms. The minimum absolute atomic E-state index is 0.0385. The van der Waals surface area contributed by atoms with Gasteiger partial charge in [0.15, 0.2) is 5.78 Å². The van der Waals surface area contributed by atoms with Crippen LogP contribution >= 0.6 is 15.9 Å². The van der Waals surface area contributed by atoms with Gasteiger partial charge in [-0.15, -0.1) is 0 Å². The second kappa shape index (κ2) is 3.17. The fourth-order valence-electron chi connectivity index (χ4n) is 0.827. The maximum atomic E-state index is 10.9. The number of Topliss-reactive ketones (excluding diaryl/α,β-unsaturated/α-hetero) is 1. The maximum absolute atomic E-state index is 10.9. The molecule has 0 saturated heterocycles. The van der Waals surface area contributed by atoms with Crippen molar-refractivity contribution in [3.63, 3.8) is 0 Å². The molecule has 0 radical (unpaired) electrons. The Labute approximate surface area is 73.5 Å². The van der Waals surface area contributed by atoms with Gasteiger partial charge in [-0.1, -0.05) is 0 Å². The molecule has 0 spiro atoms. The third-order valence-corrected chi connectivity index (χ3v) is 2.29. The molecule has 0 atom stereocenters. The monoisotopic (exact) mass is 216 g/mol. The van der Waals surface area contributed by atoms with E-state index in [0.29, 0.717) is 5.56 Å². The Morgan fingerprint density at radius 3 is 2.73 bits per heavy atom. The molecule has 0 aliphatic heterocycles. The van der Waals surface area contributed by atoms with Gasteiger partial charge in [0.2, 0.25) is 0 Å². The van der Waals surface area contributed by atoms with Crippen LogP contribution in [-0.2, 0) is 6.54 Å². The van der Waals surface area contributed by atoms with Crippen LogP contribution in [0.3, 0.4) is 0 Å². The highest BCUT2D eigenvalue weighted by Gasteiger charge is 2.09. The first kappa shape index (κ1) is 8.46. The summed E-state index contributed by atoms with van der Waals surface area (Å²) in [6, 6.07) is 0. The summed E-state index contributed by atoms with van der Waals surface area (Å²) in [5, 5.41) is 4.00. The van der Waals surface area contributed by atoms with Gasteiger partial charge in [-0.25, -0.2) is 0 Å². The number of aryl methyl sites for hydroxylation is 1. The van der Waals surface area contributed by atoms with Gasteiger partial charge in [0, 0.05) is 6.54 Å². The molecule has 0 aromatic carbocycles. The number of rotatable bonds is 2. The second-order valence-electron chi connectivity index (χ2n) is 2.22. The summed E-state index contributed by atoms with van der Waals surface area (Å²) in [7, 11) is 0. The van der Waals surface area contributed by atoms with Crippen molar-refractivity contribution in [2.24, 2.45) is 0 Å². The largest absolute Gasteiger partial charge is 0.294 e. The second-order valence-corrected chi connectivity index (χ2v) is 2.97. The van der Waals surface area contributed by atoms with Crippen molar-refractivity contribution < 1.29 is 4.79 Å². The van der Waals surface area contributed by atoms with Crippen molar-refractivity contribution in [2.45, 2.75) is 20.4 Å². The molecule has 60 valence electrons. The summed E-state index contributed by atoms with van der Waals surface area (Å²) in [4.78, 5) is 10.9. The van der Waals surface area contributed by atoms with Crippen LogP contribution in [0.5, 0.6) is 0 Å². The van der Waals surface area contributed by atoms with Crippen molar-refractivity contribution in [3.8, 4) is 0 Å². The molecular weight excluding hydrogens is 208 g/mol. The first-order chi connectivity index (χ1) is 5.16. The minimum atomic E-state index is 0.0385. The molecular formula is C7H9BrN2O. The summed E-state index contributed by atoms with van der Waals surface area (Å²) in [6.07, 6.45) is 1.58. The Hall–Kier alpha value is -0.640. The molecule has 3 nitrogen and oxygen atoms in total. The van der Waals surface area contributed by atoms with Gasteiger partial charge in [0.1, 0.15) is 4.60 Å². The van der Waals surface area contributed by atoms with E-state index in [-0.39, 0.29) is 5.78 Å². The molecule has 0 bridgehead atoms. The highest BCUT2D eigenvalue weighted by molar-refractivity contribution is 9.10. The van der Waals surface area contributed by atoms with Crippen LogP contribution in [0.1, 0.15) is 24.2 Å². The number of aromatic nitrogens is 2. The molecule has 0 aliphatic carbocycles. The predicted octanol–water partition coefficient (Wildman–Crippen LogP) is 1.87. The van der Waals surface area contributed by atoms with Crippen LogP contribution < -0.4 is 0 Å². The van der Waals surface area contributed by atoms with E-state index in [1.54, 1.807) is 10.9 Å². The van der Waals surface area contributed by atoms with Crippen molar-refractivity contribution in [1.29, 1.82) is 0 Å². The lowest BCUT2D eigenvalue weighted by Crippen LogP contribution is -1.97. The van der Waals surface area contributed by atoms with E-state index in [1.165, 1.54) is 6.92 Å². The van der Waals surface area contributed by atoms with Crippen molar-refractivity contribution in [2.75, 3.05) is 0 Å². The van der Waals surface area contributed by atoms with Gasteiger partial charge < -0.3 is 0 Å². The van der Waals surface area contributed by atoms with Crippen LogP contribution in [0.25, 0.3) is 0 Å². The first-order valence-corrected chi connectivity index (χ1v) is 4.18. The van der Waals surface area contributed by atoms with Crippen LogP contribution in [0, 0.1) is 0 Å². The quantitative estimate of drug-likeness (QED) is 0.708. The van der Waals surface area contributed by atoms with Crippen molar-refractivity contribution in [3.05, 3.63) is 16.4 Å². The van der Waals surface area contributed by atoms with E-state index < -0.39 is 0 Å². The normalized spacial score (nSPS) is 10.1.